The minimum absolute atomic E-state index is 2.15. The molecule has 0 bridgehead atoms. The summed E-state index contributed by atoms with van der Waals surface area (Å²) in [4.78, 5) is 20.1. The lowest BCUT2D eigenvalue weighted by atomic mass is 10.1. The van der Waals surface area contributed by atoms with E-state index in [1.54, 1.807) is 0 Å². The lowest BCUT2D eigenvalue weighted by Gasteiger charge is -2.05. The Kier molecular flexibility index (Phi) is 3.02. The topological polar surface area (TPSA) is 34.1 Å². The number of hydrogen-bond donors (Lipinski definition) is 0. The van der Waals surface area contributed by atoms with Crippen LogP contribution in [-0.2, 0) is 0 Å². The van der Waals surface area contributed by atoms with Gasteiger partial charge < -0.3 is 0 Å². The molecule has 8 heteroatoms. The second kappa shape index (κ2) is 3.95. The van der Waals surface area contributed by atoms with Gasteiger partial charge in [0, 0.05) is 0 Å². The Balaban J connectivity index is 3.80. The highest BCUT2D eigenvalue weighted by Crippen LogP contribution is 2.25. The van der Waals surface area contributed by atoms with Crippen molar-refractivity contribution in [3.8, 4) is 0 Å². The highest BCUT2D eigenvalue weighted by Gasteiger charge is 2.32. The summed E-state index contributed by atoms with van der Waals surface area (Å²) in [6.45, 7) is 0. The Bertz CT molecular complexity index is 455. The number of rotatable bonds is 2. The number of halogens is 6. The quantitative estimate of drug-likeness (QED) is 0.345. The molecule has 0 saturated carbocycles. The summed E-state index contributed by atoms with van der Waals surface area (Å²) in [5.41, 5.74) is -4.31. The van der Waals surface area contributed by atoms with Gasteiger partial charge in [-0.1, -0.05) is 0 Å². The van der Waals surface area contributed by atoms with Crippen LogP contribution in [0.5, 0.6) is 0 Å². The van der Waals surface area contributed by atoms with Crippen molar-refractivity contribution >= 4 is 12.1 Å². The molecular weight excluding hydrogens is 242 g/mol. The minimum atomic E-state index is -2.79. The molecule has 0 saturated heterocycles. The first kappa shape index (κ1) is 12.2. The Labute approximate surface area is 83.5 Å². The van der Waals surface area contributed by atoms with Gasteiger partial charge in [0.1, 0.15) is 11.1 Å². The molecule has 0 aromatic heterocycles. The molecule has 1 aromatic rings. The van der Waals surface area contributed by atoms with Gasteiger partial charge in [0.15, 0.2) is 23.3 Å². The van der Waals surface area contributed by atoms with Crippen molar-refractivity contribution < 1.29 is 35.9 Å². The Hall–Kier alpha value is -1.86. The fraction of sp³-hybridized carbons (Fsp3) is 0. The van der Waals surface area contributed by atoms with Crippen molar-refractivity contribution in [1.29, 1.82) is 0 Å². The SMILES string of the molecule is O=C(F)c1c(F)c(F)c(F)c(C(=O)F)c1F. The van der Waals surface area contributed by atoms with Gasteiger partial charge >= 0.3 is 12.1 Å². The molecule has 16 heavy (non-hydrogen) atoms. The van der Waals surface area contributed by atoms with E-state index < -0.39 is 46.5 Å². The average Bonchev–Trinajstić information content (AvgIpc) is 2.13. The number of carbonyl (C=O) groups excluding carboxylic acids is 2. The molecule has 2 nitrogen and oxygen atoms in total. The van der Waals surface area contributed by atoms with Gasteiger partial charge in [-0.05, 0) is 0 Å². The van der Waals surface area contributed by atoms with Crippen LogP contribution in [0.2, 0.25) is 0 Å². The minimum Gasteiger partial charge on any atom is -0.255 e. The fourth-order valence-corrected chi connectivity index (χ4v) is 0.979. The monoisotopic (exact) mass is 242 g/mol. The lowest BCUT2D eigenvalue weighted by molar-refractivity contribution is 0.0818. The zero-order valence-corrected chi connectivity index (χ0v) is 7.08. The third kappa shape index (κ3) is 1.66. The van der Waals surface area contributed by atoms with E-state index in [0.717, 1.165) is 0 Å². The van der Waals surface area contributed by atoms with Crippen LogP contribution in [0.1, 0.15) is 20.7 Å². The molecule has 0 heterocycles. The second-order valence-electron chi connectivity index (χ2n) is 2.55. The summed E-state index contributed by atoms with van der Waals surface area (Å²) in [6, 6.07) is -5.59. The smallest absolute Gasteiger partial charge is 0.255 e. The van der Waals surface area contributed by atoms with Crippen molar-refractivity contribution in [2.75, 3.05) is 0 Å². The first-order valence-electron chi connectivity index (χ1n) is 3.54. The van der Waals surface area contributed by atoms with Crippen LogP contribution in [0.25, 0.3) is 0 Å². The van der Waals surface area contributed by atoms with E-state index >= 15 is 0 Å². The molecule has 0 aliphatic rings. The van der Waals surface area contributed by atoms with E-state index in [2.05, 4.69) is 0 Å². The van der Waals surface area contributed by atoms with Crippen LogP contribution in [-0.4, -0.2) is 12.1 Å². The van der Waals surface area contributed by atoms with Crippen molar-refractivity contribution in [3.05, 3.63) is 34.4 Å². The zero-order chi connectivity index (χ0) is 12.6. The van der Waals surface area contributed by atoms with Gasteiger partial charge in [-0.3, -0.25) is 9.59 Å². The maximum atomic E-state index is 12.9. The molecule has 0 radical (unpaired) electrons. The first-order valence-corrected chi connectivity index (χ1v) is 3.54. The molecule has 0 unspecified atom stereocenters. The third-order valence-electron chi connectivity index (χ3n) is 1.66. The van der Waals surface area contributed by atoms with Crippen molar-refractivity contribution in [1.82, 2.24) is 0 Å². The zero-order valence-electron chi connectivity index (χ0n) is 7.08. The van der Waals surface area contributed by atoms with Crippen LogP contribution in [0.15, 0.2) is 0 Å². The molecule has 1 aromatic carbocycles. The molecule has 1 rings (SSSR count). The van der Waals surface area contributed by atoms with E-state index in [1.807, 2.05) is 0 Å². The summed E-state index contributed by atoms with van der Waals surface area (Å²) < 4.78 is 75.0. The first-order chi connectivity index (χ1) is 7.29. The standard InChI is InChI=1S/C8F6O2/c9-3-1(7(13)15)4(10)6(12)5(11)2(3)8(14)16. The van der Waals surface area contributed by atoms with Gasteiger partial charge in [-0.15, -0.1) is 0 Å². The predicted molar refractivity (Wildman–Crippen MR) is 37.2 cm³/mol. The van der Waals surface area contributed by atoms with Crippen LogP contribution >= 0.6 is 0 Å². The average molecular weight is 242 g/mol. The lowest BCUT2D eigenvalue weighted by Crippen LogP contribution is -2.13. The molecule has 0 spiro atoms. The van der Waals surface area contributed by atoms with E-state index in [1.165, 1.54) is 0 Å². The number of benzene rings is 1. The Morgan fingerprint density at radius 1 is 0.625 bits per heavy atom. The van der Waals surface area contributed by atoms with Crippen molar-refractivity contribution in [2.45, 2.75) is 0 Å². The van der Waals surface area contributed by atoms with Crippen molar-refractivity contribution in [2.24, 2.45) is 0 Å². The van der Waals surface area contributed by atoms with Crippen LogP contribution < -0.4 is 0 Å². The van der Waals surface area contributed by atoms with Crippen LogP contribution in [0, 0.1) is 23.3 Å². The Morgan fingerprint density at radius 3 is 1.19 bits per heavy atom. The Morgan fingerprint density at radius 2 is 0.938 bits per heavy atom. The molecule has 0 amide bonds. The molecular formula is C8F6O2. The maximum Gasteiger partial charge on any atom is 0.338 e. The van der Waals surface area contributed by atoms with E-state index in [0.29, 0.717) is 0 Å². The molecule has 0 fully saturated rings. The normalized spacial score (nSPS) is 10.4. The van der Waals surface area contributed by atoms with E-state index in [9.17, 15) is 35.9 Å². The predicted octanol–water partition coefficient (Wildman–Crippen LogP) is 2.46. The number of carbonyl (C=O) groups is 2. The molecule has 0 N–H and O–H groups in total. The van der Waals surface area contributed by atoms with Crippen molar-refractivity contribution in [3.63, 3.8) is 0 Å². The van der Waals surface area contributed by atoms with Gasteiger partial charge in [0.05, 0.1) is 0 Å². The van der Waals surface area contributed by atoms with Gasteiger partial charge in [0.25, 0.3) is 0 Å². The summed E-state index contributed by atoms with van der Waals surface area (Å²) >= 11 is 0. The van der Waals surface area contributed by atoms with Crippen LogP contribution in [0.4, 0.5) is 26.3 Å². The highest BCUT2D eigenvalue weighted by atomic mass is 19.2. The van der Waals surface area contributed by atoms with Crippen LogP contribution in [0.3, 0.4) is 0 Å². The molecule has 0 atom stereocenters. The van der Waals surface area contributed by atoms with Gasteiger partial charge in [-0.2, -0.15) is 8.78 Å². The summed E-state index contributed by atoms with van der Waals surface area (Å²) in [7, 11) is 0. The van der Waals surface area contributed by atoms with E-state index in [-0.39, 0.29) is 0 Å². The van der Waals surface area contributed by atoms with Gasteiger partial charge in [-0.25, -0.2) is 17.6 Å². The second-order valence-corrected chi connectivity index (χ2v) is 2.55. The fourth-order valence-electron chi connectivity index (χ4n) is 0.979. The molecule has 0 aliphatic carbocycles. The number of hydrogen-bond acceptors (Lipinski definition) is 2. The van der Waals surface area contributed by atoms with E-state index in [4.69, 9.17) is 0 Å². The van der Waals surface area contributed by atoms with Gasteiger partial charge in [0.2, 0.25) is 0 Å². The third-order valence-corrected chi connectivity index (χ3v) is 1.66. The largest absolute Gasteiger partial charge is 0.338 e. The molecule has 86 valence electrons. The summed E-state index contributed by atoms with van der Waals surface area (Å²) in [5.74, 6) is -9.86. The highest BCUT2D eigenvalue weighted by molar-refractivity contribution is 5.95. The summed E-state index contributed by atoms with van der Waals surface area (Å²) in [6.07, 6.45) is 0. The summed E-state index contributed by atoms with van der Waals surface area (Å²) in [5, 5.41) is 0. The molecule has 0 aliphatic heterocycles. The maximum absolute atomic E-state index is 12.9.